The van der Waals surface area contributed by atoms with E-state index in [1.807, 2.05) is 13.8 Å². The Hall–Kier alpha value is -0.380. The minimum Gasteiger partial charge on any atom is -0.374 e. The molecule has 1 aliphatic heterocycles. The van der Waals surface area contributed by atoms with Crippen LogP contribution in [0.1, 0.15) is 33.1 Å². The van der Waals surface area contributed by atoms with Gasteiger partial charge in [-0.3, -0.25) is 0 Å². The molecule has 1 rings (SSSR count). The van der Waals surface area contributed by atoms with Gasteiger partial charge in [0.15, 0.2) is 6.29 Å². The molecule has 1 unspecified atom stereocenters. The lowest BCUT2D eigenvalue weighted by atomic mass is 10.1. The molecule has 0 radical (unpaired) electrons. The molecular weight excluding hydrogens is 192 g/mol. The van der Waals surface area contributed by atoms with Gasteiger partial charge in [0.1, 0.15) is 0 Å². The summed E-state index contributed by atoms with van der Waals surface area (Å²) in [5.41, 5.74) is 1.20. The quantitative estimate of drug-likeness (QED) is 0.481. The van der Waals surface area contributed by atoms with E-state index in [-0.39, 0.29) is 6.29 Å². The van der Waals surface area contributed by atoms with Crippen LogP contribution in [0.5, 0.6) is 0 Å². The van der Waals surface area contributed by atoms with Gasteiger partial charge in [-0.05, 0) is 32.3 Å². The fourth-order valence-corrected chi connectivity index (χ4v) is 1.77. The van der Waals surface area contributed by atoms with Crippen molar-refractivity contribution < 1.29 is 14.2 Å². The third kappa shape index (κ3) is 4.78. The summed E-state index contributed by atoms with van der Waals surface area (Å²) in [5, 5.41) is 0. The smallest absolute Gasteiger partial charge is 0.157 e. The average molecular weight is 214 g/mol. The van der Waals surface area contributed by atoms with Gasteiger partial charge in [-0.2, -0.15) is 0 Å². The number of ether oxygens (including phenoxy) is 3. The zero-order chi connectivity index (χ0) is 11.1. The Kier molecular flexibility index (Phi) is 5.91. The van der Waals surface area contributed by atoms with Crippen molar-refractivity contribution in [1.29, 1.82) is 0 Å². The van der Waals surface area contributed by atoms with Crippen molar-refractivity contribution in [3.8, 4) is 0 Å². The van der Waals surface area contributed by atoms with Crippen LogP contribution >= 0.6 is 0 Å². The van der Waals surface area contributed by atoms with Crippen molar-refractivity contribution >= 4 is 0 Å². The molecule has 1 aliphatic rings. The second-order valence-electron chi connectivity index (χ2n) is 3.80. The Morgan fingerprint density at radius 3 is 2.53 bits per heavy atom. The van der Waals surface area contributed by atoms with Crippen LogP contribution < -0.4 is 0 Å². The lowest BCUT2D eigenvalue weighted by Gasteiger charge is -2.18. The van der Waals surface area contributed by atoms with E-state index in [4.69, 9.17) is 14.2 Å². The van der Waals surface area contributed by atoms with Crippen LogP contribution in [0.2, 0.25) is 0 Å². The lowest BCUT2D eigenvalue weighted by Crippen LogP contribution is -2.19. The van der Waals surface area contributed by atoms with Crippen molar-refractivity contribution in [2.24, 2.45) is 0 Å². The van der Waals surface area contributed by atoms with E-state index >= 15 is 0 Å². The molecular formula is C12H22O3. The van der Waals surface area contributed by atoms with E-state index in [1.165, 1.54) is 5.57 Å². The van der Waals surface area contributed by atoms with Crippen molar-refractivity contribution in [3.63, 3.8) is 0 Å². The van der Waals surface area contributed by atoms with Crippen LogP contribution in [-0.4, -0.2) is 32.2 Å². The molecule has 0 amide bonds. The Balaban J connectivity index is 2.17. The molecule has 0 aromatic rings. The van der Waals surface area contributed by atoms with Crippen LogP contribution in [0.15, 0.2) is 12.2 Å². The maximum atomic E-state index is 5.56. The van der Waals surface area contributed by atoms with Crippen LogP contribution in [0.4, 0.5) is 0 Å². The summed E-state index contributed by atoms with van der Waals surface area (Å²) in [6, 6.07) is 0. The van der Waals surface area contributed by atoms with Crippen LogP contribution in [0.25, 0.3) is 0 Å². The Morgan fingerprint density at radius 1 is 1.40 bits per heavy atom. The monoisotopic (exact) mass is 214 g/mol. The van der Waals surface area contributed by atoms with Gasteiger partial charge >= 0.3 is 0 Å². The molecule has 1 atom stereocenters. The molecule has 15 heavy (non-hydrogen) atoms. The summed E-state index contributed by atoms with van der Waals surface area (Å²) in [7, 11) is 0. The van der Waals surface area contributed by atoms with E-state index in [2.05, 4.69) is 6.58 Å². The summed E-state index contributed by atoms with van der Waals surface area (Å²) in [6.07, 6.45) is 3.13. The van der Waals surface area contributed by atoms with E-state index in [0.29, 0.717) is 19.3 Å². The standard InChI is InChI=1S/C12H22O3/c1-4-13-12(14-5-2)7-6-11-8-10(3)9-15-11/h11-12H,3-9H2,1-2H3. The Bertz CT molecular complexity index is 185. The van der Waals surface area contributed by atoms with Gasteiger partial charge in [-0.1, -0.05) is 6.58 Å². The fraction of sp³-hybridized carbons (Fsp3) is 0.833. The Labute approximate surface area is 92.4 Å². The largest absolute Gasteiger partial charge is 0.374 e. The number of hydrogen-bond donors (Lipinski definition) is 0. The molecule has 1 saturated heterocycles. The second kappa shape index (κ2) is 6.99. The minimum absolute atomic E-state index is 0.0718. The SMILES string of the molecule is C=C1COC(CCC(OCC)OCC)C1. The fourth-order valence-electron chi connectivity index (χ4n) is 1.77. The molecule has 0 aromatic heterocycles. The molecule has 0 spiro atoms. The van der Waals surface area contributed by atoms with Crippen molar-refractivity contribution in [2.75, 3.05) is 19.8 Å². The van der Waals surface area contributed by atoms with Crippen molar-refractivity contribution in [2.45, 2.75) is 45.5 Å². The number of rotatable bonds is 7. The zero-order valence-electron chi connectivity index (χ0n) is 9.83. The van der Waals surface area contributed by atoms with Gasteiger partial charge in [0.25, 0.3) is 0 Å². The third-order valence-electron chi connectivity index (χ3n) is 2.47. The molecule has 0 saturated carbocycles. The summed E-state index contributed by atoms with van der Waals surface area (Å²) in [4.78, 5) is 0. The lowest BCUT2D eigenvalue weighted by molar-refractivity contribution is -0.143. The molecule has 0 N–H and O–H groups in total. The molecule has 3 heteroatoms. The normalized spacial score (nSPS) is 21.5. The first-order chi connectivity index (χ1) is 7.26. The second-order valence-corrected chi connectivity index (χ2v) is 3.80. The molecule has 0 aliphatic carbocycles. The Morgan fingerprint density at radius 2 is 2.07 bits per heavy atom. The first kappa shape index (κ1) is 12.7. The van der Waals surface area contributed by atoms with Gasteiger partial charge in [0, 0.05) is 19.6 Å². The average Bonchev–Trinajstić information content (AvgIpc) is 2.61. The van der Waals surface area contributed by atoms with Crippen LogP contribution in [0.3, 0.4) is 0 Å². The predicted octanol–water partition coefficient (Wildman–Crippen LogP) is 2.51. The summed E-state index contributed by atoms with van der Waals surface area (Å²) in [5.74, 6) is 0. The molecule has 1 fully saturated rings. The predicted molar refractivity (Wildman–Crippen MR) is 59.8 cm³/mol. The van der Waals surface area contributed by atoms with Gasteiger partial charge in [-0.15, -0.1) is 0 Å². The molecule has 0 aromatic carbocycles. The highest BCUT2D eigenvalue weighted by Gasteiger charge is 2.20. The summed E-state index contributed by atoms with van der Waals surface area (Å²) < 4.78 is 16.5. The van der Waals surface area contributed by atoms with Gasteiger partial charge in [0.2, 0.25) is 0 Å². The summed E-state index contributed by atoms with van der Waals surface area (Å²) in [6.45, 7) is 10.0. The van der Waals surface area contributed by atoms with E-state index in [1.54, 1.807) is 0 Å². The van der Waals surface area contributed by atoms with Crippen molar-refractivity contribution in [3.05, 3.63) is 12.2 Å². The maximum absolute atomic E-state index is 5.56. The molecule has 1 heterocycles. The van der Waals surface area contributed by atoms with Crippen LogP contribution in [0, 0.1) is 0 Å². The molecule has 0 bridgehead atoms. The number of hydrogen-bond acceptors (Lipinski definition) is 3. The van der Waals surface area contributed by atoms with Gasteiger partial charge < -0.3 is 14.2 Å². The highest BCUT2D eigenvalue weighted by molar-refractivity contribution is 5.01. The van der Waals surface area contributed by atoms with E-state index < -0.39 is 0 Å². The topological polar surface area (TPSA) is 27.7 Å². The van der Waals surface area contributed by atoms with Gasteiger partial charge in [0.05, 0.1) is 12.7 Å². The first-order valence-electron chi connectivity index (χ1n) is 5.77. The highest BCUT2D eigenvalue weighted by atomic mass is 16.7. The van der Waals surface area contributed by atoms with Crippen molar-refractivity contribution in [1.82, 2.24) is 0 Å². The molecule has 88 valence electrons. The maximum Gasteiger partial charge on any atom is 0.157 e. The van der Waals surface area contributed by atoms with E-state index in [0.717, 1.165) is 25.9 Å². The van der Waals surface area contributed by atoms with Gasteiger partial charge in [-0.25, -0.2) is 0 Å². The highest BCUT2D eigenvalue weighted by Crippen LogP contribution is 2.22. The minimum atomic E-state index is -0.0718. The van der Waals surface area contributed by atoms with Crippen LogP contribution in [-0.2, 0) is 14.2 Å². The third-order valence-corrected chi connectivity index (χ3v) is 2.47. The molecule has 3 nitrogen and oxygen atoms in total. The first-order valence-corrected chi connectivity index (χ1v) is 5.77. The summed E-state index contributed by atoms with van der Waals surface area (Å²) >= 11 is 0. The zero-order valence-corrected chi connectivity index (χ0v) is 9.83. The van der Waals surface area contributed by atoms with E-state index in [9.17, 15) is 0 Å².